The summed E-state index contributed by atoms with van der Waals surface area (Å²) in [5.74, 6) is -0.317. The van der Waals surface area contributed by atoms with Crippen LogP contribution in [-0.4, -0.2) is 34.8 Å². The van der Waals surface area contributed by atoms with E-state index < -0.39 is 11.6 Å². The molecule has 0 unspecified atom stereocenters. The quantitative estimate of drug-likeness (QED) is 0.816. The van der Waals surface area contributed by atoms with E-state index in [1.807, 2.05) is 19.1 Å². The molecule has 2 N–H and O–H groups in total. The molecule has 2 fully saturated rings. The summed E-state index contributed by atoms with van der Waals surface area (Å²) in [6.45, 7) is 8.04. The highest BCUT2D eigenvalue weighted by atomic mass is 16.2. The molecule has 140 valence electrons. The average molecular weight is 357 g/mol. The van der Waals surface area contributed by atoms with Gasteiger partial charge in [-0.3, -0.25) is 14.5 Å². The van der Waals surface area contributed by atoms with Crippen LogP contribution in [0.1, 0.15) is 45.6 Å². The van der Waals surface area contributed by atoms with Crippen LogP contribution in [-0.2, 0) is 9.59 Å². The number of benzene rings is 1. The Morgan fingerprint density at radius 3 is 2.50 bits per heavy atom. The van der Waals surface area contributed by atoms with Crippen LogP contribution < -0.4 is 10.6 Å². The maximum absolute atomic E-state index is 13.0. The minimum Gasteiger partial charge on any atom is -0.325 e. The molecule has 1 spiro atoms. The van der Waals surface area contributed by atoms with E-state index in [9.17, 15) is 14.4 Å². The summed E-state index contributed by atoms with van der Waals surface area (Å²) in [5, 5.41) is 5.63. The molecule has 2 aliphatic rings. The Labute approximate surface area is 154 Å². The normalized spacial score (nSPS) is 27.5. The van der Waals surface area contributed by atoms with Crippen molar-refractivity contribution in [3.8, 4) is 0 Å². The number of hydrogen-bond donors (Lipinski definition) is 2. The van der Waals surface area contributed by atoms with Gasteiger partial charge in [0.05, 0.1) is 0 Å². The Bertz CT molecular complexity index is 741. The zero-order valence-electron chi connectivity index (χ0n) is 15.9. The second-order valence-electron chi connectivity index (χ2n) is 8.67. The Hall–Kier alpha value is -2.37. The first-order valence-electron chi connectivity index (χ1n) is 9.11. The van der Waals surface area contributed by atoms with Gasteiger partial charge in [0, 0.05) is 5.69 Å². The van der Waals surface area contributed by atoms with E-state index in [0.717, 1.165) is 16.9 Å². The number of urea groups is 1. The van der Waals surface area contributed by atoms with Crippen LogP contribution >= 0.6 is 0 Å². The predicted molar refractivity (Wildman–Crippen MR) is 99.6 cm³/mol. The van der Waals surface area contributed by atoms with Crippen molar-refractivity contribution in [2.24, 2.45) is 11.3 Å². The molecule has 6 heteroatoms. The van der Waals surface area contributed by atoms with Gasteiger partial charge in [-0.25, -0.2) is 4.79 Å². The highest BCUT2D eigenvalue weighted by Gasteiger charge is 2.56. The molecule has 1 aromatic carbocycles. The molecule has 26 heavy (non-hydrogen) atoms. The van der Waals surface area contributed by atoms with Gasteiger partial charge in [0.25, 0.3) is 5.91 Å². The minimum absolute atomic E-state index is 0.0270. The van der Waals surface area contributed by atoms with Crippen LogP contribution in [0.25, 0.3) is 0 Å². The zero-order chi connectivity index (χ0) is 19.1. The fourth-order valence-corrected chi connectivity index (χ4v) is 4.63. The number of carbonyl (C=O) groups is 3. The van der Waals surface area contributed by atoms with Crippen LogP contribution in [0.5, 0.6) is 0 Å². The molecule has 1 aliphatic carbocycles. The van der Waals surface area contributed by atoms with Gasteiger partial charge in [-0.2, -0.15) is 0 Å². The van der Waals surface area contributed by atoms with Crippen molar-refractivity contribution in [1.82, 2.24) is 10.2 Å². The van der Waals surface area contributed by atoms with E-state index >= 15 is 0 Å². The number of aryl methyl sites for hydroxylation is 1. The molecule has 1 saturated carbocycles. The Morgan fingerprint density at radius 2 is 1.88 bits per heavy atom. The van der Waals surface area contributed by atoms with E-state index in [1.54, 1.807) is 12.1 Å². The van der Waals surface area contributed by atoms with Crippen LogP contribution in [0.3, 0.4) is 0 Å². The summed E-state index contributed by atoms with van der Waals surface area (Å²) in [4.78, 5) is 38.8. The number of hydrogen-bond acceptors (Lipinski definition) is 3. The van der Waals surface area contributed by atoms with E-state index in [2.05, 4.69) is 31.4 Å². The largest absolute Gasteiger partial charge is 0.325 e. The standard InChI is InChI=1S/C20H27N3O3/c1-13-5-7-15(8-6-13)21-16(24)11-23-17(25)20(22-18(23)26)10-14(2)9-19(3,4)12-20/h5-8,14H,9-12H2,1-4H3,(H,21,24)(H,22,26)/t14-,20+/m0/s1. The number of carbonyl (C=O) groups excluding carboxylic acids is 3. The lowest BCUT2D eigenvalue weighted by Gasteiger charge is -2.43. The third-order valence-corrected chi connectivity index (χ3v) is 5.26. The smallest absolute Gasteiger partial charge is 0.325 e. The molecular formula is C20H27N3O3. The van der Waals surface area contributed by atoms with Crippen molar-refractivity contribution >= 4 is 23.5 Å². The van der Waals surface area contributed by atoms with Crippen molar-refractivity contribution in [2.75, 3.05) is 11.9 Å². The van der Waals surface area contributed by atoms with Gasteiger partial charge in [0.1, 0.15) is 12.1 Å². The third kappa shape index (κ3) is 3.59. The molecule has 1 saturated heterocycles. The molecule has 0 bridgehead atoms. The lowest BCUT2D eigenvalue weighted by atomic mass is 9.64. The molecule has 6 nitrogen and oxygen atoms in total. The van der Waals surface area contributed by atoms with Gasteiger partial charge < -0.3 is 10.6 Å². The number of imide groups is 1. The maximum Gasteiger partial charge on any atom is 0.325 e. The second kappa shape index (κ2) is 6.41. The van der Waals surface area contributed by atoms with E-state index in [1.165, 1.54) is 0 Å². The summed E-state index contributed by atoms with van der Waals surface area (Å²) >= 11 is 0. The maximum atomic E-state index is 13.0. The first-order valence-corrected chi connectivity index (χ1v) is 9.11. The van der Waals surface area contributed by atoms with Crippen molar-refractivity contribution in [3.63, 3.8) is 0 Å². The summed E-state index contributed by atoms with van der Waals surface area (Å²) in [5.41, 5.74) is 0.839. The number of nitrogens with one attached hydrogen (secondary N) is 2. The highest BCUT2D eigenvalue weighted by molar-refractivity contribution is 6.10. The van der Waals surface area contributed by atoms with Gasteiger partial charge in [-0.05, 0) is 49.7 Å². The van der Waals surface area contributed by atoms with Gasteiger partial charge in [0.2, 0.25) is 5.91 Å². The number of nitrogens with zero attached hydrogens (tertiary/aromatic N) is 1. The SMILES string of the molecule is Cc1ccc(NC(=O)CN2C(=O)N[C@@]3(C[C@@H](C)CC(C)(C)C3)C2=O)cc1. The van der Waals surface area contributed by atoms with E-state index in [-0.39, 0.29) is 23.8 Å². The van der Waals surface area contributed by atoms with E-state index in [4.69, 9.17) is 0 Å². The number of amides is 4. The van der Waals surface area contributed by atoms with Crippen LogP contribution in [0, 0.1) is 18.3 Å². The molecular weight excluding hydrogens is 330 g/mol. The first-order chi connectivity index (χ1) is 12.1. The summed E-state index contributed by atoms with van der Waals surface area (Å²) in [6, 6.07) is 6.91. The van der Waals surface area contributed by atoms with Gasteiger partial charge in [-0.15, -0.1) is 0 Å². The van der Waals surface area contributed by atoms with E-state index in [0.29, 0.717) is 24.4 Å². The molecule has 1 aliphatic heterocycles. The Balaban J connectivity index is 1.71. The molecule has 2 atom stereocenters. The molecule has 4 amide bonds. The fourth-order valence-electron chi connectivity index (χ4n) is 4.63. The Morgan fingerprint density at radius 1 is 1.23 bits per heavy atom. The molecule has 3 rings (SSSR count). The molecule has 1 heterocycles. The Kier molecular flexibility index (Phi) is 4.54. The third-order valence-electron chi connectivity index (χ3n) is 5.26. The van der Waals surface area contributed by atoms with Gasteiger partial charge in [0.15, 0.2) is 0 Å². The molecule has 1 aromatic rings. The summed E-state index contributed by atoms with van der Waals surface area (Å²) in [7, 11) is 0. The van der Waals surface area contributed by atoms with Crippen molar-refractivity contribution in [2.45, 2.75) is 52.5 Å². The van der Waals surface area contributed by atoms with Crippen LogP contribution in [0.4, 0.5) is 10.5 Å². The fraction of sp³-hybridized carbons (Fsp3) is 0.550. The minimum atomic E-state index is -0.873. The van der Waals surface area contributed by atoms with Crippen LogP contribution in [0.15, 0.2) is 24.3 Å². The monoisotopic (exact) mass is 357 g/mol. The predicted octanol–water partition coefficient (Wildman–Crippen LogP) is 3.07. The van der Waals surface area contributed by atoms with Crippen molar-refractivity contribution in [3.05, 3.63) is 29.8 Å². The first kappa shape index (κ1) is 18.4. The van der Waals surface area contributed by atoms with Gasteiger partial charge in [-0.1, -0.05) is 38.5 Å². The number of rotatable bonds is 3. The second-order valence-corrected chi connectivity index (χ2v) is 8.67. The lowest BCUT2D eigenvalue weighted by molar-refractivity contribution is -0.136. The molecule has 0 aromatic heterocycles. The average Bonchev–Trinajstić information content (AvgIpc) is 2.71. The van der Waals surface area contributed by atoms with Gasteiger partial charge >= 0.3 is 6.03 Å². The highest BCUT2D eigenvalue weighted by Crippen LogP contribution is 2.46. The topological polar surface area (TPSA) is 78.5 Å². The lowest BCUT2D eigenvalue weighted by Crippen LogP contribution is -2.54. The molecule has 0 radical (unpaired) electrons. The van der Waals surface area contributed by atoms with Crippen molar-refractivity contribution in [1.29, 1.82) is 0 Å². The van der Waals surface area contributed by atoms with Crippen molar-refractivity contribution < 1.29 is 14.4 Å². The summed E-state index contributed by atoms with van der Waals surface area (Å²) < 4.78 is 0. The number of anilines is 1. The van der Waals surface area contributed by atoms with Crippen LogP contribution in [0.2, 0.25) is 0 Å². The zero-order valence-corrected chi connectivity index (χ0v) is 15.9. The summed E-state index contributed by atoms with van der Waals surface area (Å²) in [6.07, 6.45) is 2.24.